The normalized spacial score (nSPS) is 11.9. The van der Waals surface area contributed by atoms with Crippen molar-refractivity contribution < 1.29 is 4.79 Å². The second-order valence-corrected chi connectivity index (χ2v) is 5.25. The van der Waals surface area contributed by atoms with Gasteiger partial charge in [-0.25, -0.2) is 0 Å². The molecule has 0 aliphatic carbocycles. The number of hydrogen-bond donors (Lipinski definition) is 1. The molecule has 4 heteroatoms. The molecule has 0 heterocycles. The van der Waals surface area contributed by atoms with Crippen molar-refractivity contribution in [1.82, 2.24) is 15.1 Å². The minimum Gasteiger partial charge on any atom is -0.346 e. The summed E-state index contributed by atoms with van der Waals surface area (Å²) in [6.45, 7) is 9.21. The number of nitrogens with zero attached hydrogens (tertiary/aromatic N) is 2. The van der Waals surface area contributed by atoms with Crippen molar-refractivity contribution in [1.29, 1.82) is 0 Å². The zero-order valence-corrected chi connectivity index (χ0v) is 12.3. The van der Waals surface area contributed by atoms with E-state index in [2.05, 4.69) is 38.0 Å². The molecule has 0 saturated heterocycles. The standard InChI is InChI=1S/C13H29N3O/c1-7-16(6)13(2,3)9-11-15(5)12(17)8-10-14-4/h14H,7-11H2,1-6H3. The van der Waals surface area contributed by atoms with Gasteiger partial charge in [0.05, 0.1) is 0 Å². The van der Waals surface area contributed by atoms with Crippen LogP contribution in [0.3, 0.4) is 0 Å². The molecule has 17 heavy (non-hydrogen) atoms. The van der Waals surface area contributed by atoms with Gasteiger partial charge < -0.3 is 15.1 Å². The molecule has 0 aromatic rings. The Bertz CT molecular complexity index is 229. The monoisotopic (exact) mass is 243 g/mol. The van der Waals surface area contributed by atoms with E-state index in [0.717, 1.165) is 26.1 Å². The Kier molecular flexibility index (Phi) is 7.39. The summed E-state index contributed by atoms with van der Waals surface area (Å²) in [5.41, 5.74) is 0.145. The van der Waals surface area contributed by atoms with Crippen LogP contribution in [0.15, 0.2) is 0 Å². The first-order valence-electron chi connectivity index (χ1n) is 6.45. The van der Waals surface area contributed by atoms with E-state index in [1.807, 2.05) is 19.0 Å². The predicted molar refractivity (Wildman–Crippen MR) is 73.2 cm³/mol. The number of rotatable bonds is 8. The minimum atomic E-state index is 0.145. The van der Waals surface area contributed by atoms with E-state index in [0.29, 0.717) is 6.42 Å². The van der Waals surface area contributed by atoms with Crippen LogP contribution in [0.4, 0.5) is 0 Å². The predicted octanol–water partition coefficient (Wildman–Crippen LogP) is 1.17. The molecule has 0 atom stereocenters. The first-order chi connectivity index (χ1) is 7.85. The average Bonchev–Trinajstić information content (AvgIpc) is 2.31. The van der Waals surface area contributed by atoms with Crippen LogP contribution in [0.25, 0.3) is 0 Å². The van der Waals surface area contributed by atoms with Crippen LogP contribution in [0.2, 0.25) is 0 Å². The average molecular weight is 243 g/mol. The van der Waals surface area contributed by atoms with Crippen molar-refractivity contribution in [2.75, 3.05) is 40.8 Å². The number of carbonyl (C=O) groups is 1. The quantitative estimate of drug-likeness (QED) is 0.695. The molecular formula is C13H29N3O. The van der Waals surface area contributed by atoms with Gasteiger partial charge in [-0.2, -0.15) is 0 Å². The van der Waals surface area contributed by atoms with Crippen molar-refractivity contribution in [2.45, 2.75) is 39.2 Å². The molecule has 0 aliphatic heterocycles. The molecule has 1 amide bonds. The molecule has 102 valence electrons. The molecule has 0 saturated carbocycles. The molecule has 1 N–H and O–H groups in total. The van der Waals surface area contributed by atoms with E-state index in [9.17, 15) is 4.79 Å². The molecule has 0 aliphatic rings. The Hall–Kier alpha value is -0.610. The van der Waals surface area contributed by atoms with Crippen LogP contribution in [0.1, 0.15) is 33.6 Å². The van der Waals surface area contributed by atoms with Crippen molar-refractivity contribution in [3.8, 4) is 0 Å². The van der Waals surface area contributed by atoms with Crippen molar-refractivity contribution in [2.24, 2.45) is 0 Å². The zero-order valence-electron chi connectivity index (χ0n) is 12.3. The Labute approximate surface area is 106 Å². The number of amides is 1. The topological polar surface area (TPSA) is 35.6 Å². The summed E-state index contributed by atoms with van der Waals surface area (Å²) in [5, 5.41) is 3.00. The molecule has 0 rings (SSSR count). The van der Waals surface area contributed by atoms with Gasteiger partial charge in [0.1, 0.15) is 0 Å². The Morgan fingerprint density at radius 2 is 1.88 bits per heavy atom. The third-order valence-corrected chi connectivity index (χ3v) is 3.58. The summed E-state index contributed by atoms with van der Waals surface area (Å²) in [5.74, 6) is 0.217. The second kappa shape index (κ2) is 7.67. The lowest BCUT2D eigenvalue weighted by Gasteiger charge is -2.36. The van der Waals surface area contributed by atoms with Crippen LogP contribution in [-0.2, 0) is 4.79 Å². The van der Waals surface area contributed by atoms with Gasteiger partial charge >= 0.3 is 0 Å². The lowest BCUT2D eigenvalue weighted by Crippen LogP contribution is -2.44. The second-order valence-electron chi connectivity index (χ2n) is 5.25. The molecule has 0 aromatic carbocycles. The highest BCUT2D eigenvalue weighted by Crippen LogP contribution is 2.16. The van der Waals surface area contributed by atoms with E-state index in [-0.39, 0.29) is 11.4 Å². The lowest BCUT2D eigenvalue weighted by atomic mass is 9.98. The summed E-state index contributed by atoms with van der Waals surface area (Å²) in [7, 11) is 5.88. The first kappa shape index (κ1) is 16.4. The smallest absolute Gasteiger partial charge is 0.223 e. The van der Waals surface area contributed by atoms with Gasteiger partial charge in [0.15, 0.2) is 0 Å². The zero-order chi connectivity index (χ0) is 13.5. The Balaban J connectivity index is 4.05. The SMILES string of the molecule is CCN(C)C(C)(C)CCN(C)C(=O)CCNC. The molecule has 0 bridgehead atoms. The van der Waals surface area contributed by atoms with Crippen LogP contribution >= 0.6 is 0 Å². The maximum absolute atomic E-state index is 11.7. The molecule has 0 spiro atoms. The van der Waals surface area contributed by atoms with Gasteiger partial charge in [0, 0.05) is 32.1 Å². The number of hydrogen-bond acceptors (Lipinski definition) is 3. The summed E-state index contributed by atoms with van der Waals surface area (Å²) in [6.07, 6.45) is 1.58. The Morgan fingerprint density at radius 1 is 1.29 bits per heavy atom. The summed E-state index contributed by atoms with van der Waals surface area (Å²) >= 11 is 0. The van der Waals surface area contributed by atoms with Crippen LogP contribution in [0, 0.1) is 0 Å². The highest BCUT2D eigenvalue weighted by atomic mass is 16.2. The van der Waals surface area contributed by atoms with Gasteiger partial charge in [-0.1, -0.05) is 6.92 Å². The van der Waals surface area contributed by atoms with Gasteiger partial charge in [-0.05, 0) is 40.9 Å². The fraction of sp³-hybridized carbons (Fsp3) is 0.923. The third-order valence-electron chi connectivity index (χ3n) is 3.58. The highest BCUT2D eigenvalue weighted by Gasteiger charge is 2.23. The molecule has 0 aromatic heterocycles. The van der Waals surface area contributed by atoms with E-state index in [1.54, 1.807) is 0 Å². The van der Waals surface area contributed by atoms with Crippen molar-refractivity contribution >= 4 is 5.91 Å². The lowest BCUT2D eigenvalue weighted by molar-refractivity contribution is -0.130. The van der Waals surface area contributed by atoms with E-state index < -0.39 is 0 Å². The third kappa shape index (κ3) is 6.03. The van der Waals surface area contributed by atoms with Gasteiger partial charge in [0.2, 0.25) is 5.91 Å². The van der Waals surface area contributed by atoms with E-state index in [1.165, 1.54) is 0 Å². The fourth-order valence-corrected chi connectivity index (χ4v) is 1.61. The first-order valence-corrected chi connectivity index (χ1v) is 6.45. The molecule has 0 unspecified atom stereocenters. The molecule has 0 fully saturated rings. The number of nitrogens with one attached hydrogen (secondary N) is 1. The van der Waals surface area contributed by atoms with Crippen molar-refractivity contribution in [3.05, 3.63) is 0 Å². The van der Waals surface area contributed by atoms with E-state index in [4.69, 9.17) is 0 Å². The molecule has 4 nitrogen and oxygen atoms in total. The molecular weight excluding hydrogens is 214 g/mol. The van der Waals surface area contributed by atoms with Gasteiger partial charge in [0.25, 0.3) is 0 Å². The largest absolute Gasteiger partial charge is 0.346 e. The Morgan fingerprint density at radius 3 is 2.35 bits per heavy atom. The van der Waals surface area contributed by atoms with Crippen LogP contribution in [-0.4, -0.2) is 62.0 Å². The maximum atomic E-state index is 11.7. The van der Waals surface area contributed by atoms with Crippen LogP contribution in [0.5, 0.6) is 0 Å². The minimum absolute atomic E-state index is 0.145. The highest BCUT2D eigenvalue weighted by molar-refractivity contribution is 5.76. The summed E-state index contributed by atoms with van der Waals surface area (Å²) < 4.78 is 0. The summed E-state index contributed by atoms with van der Waals surface area (Å²) in [6, 6.07) is 0. The van der Waals surface area contributed by atoms with E-state index >= 15 is 0 Å². The maximum Gasteiger partial charge on any atom is 0.223 e. The van der Waals surface area contributed by atoms with Crippen LogP contribution < -0.4 is 5.32 Å². The fourth-order valence-electron chi connectivity index (χ4n) is 1.61. The number of carbonyl (C=O) groups excluding carboxylic acids is 1. The molecule has 0 radical (unpaired) electrons. The van der Waals surface area contributed by atoms with Crippen molar-refractivity contribution in [3.63, 3.8) is 0 Å². The van der Waals surface area contributed by atoms with Gasteiger partial charge in [-0.15, -0.1) is 0 Å². The summed E-state index contributed by atoms with van der Waals surface area (Å²) in [4.78, 5) is 15.9. The van der Waals surface area contributed by atoms with Gasteiger partial charge in [-0.3, -0.25) is 4.79 Å².